The first-order valence-electron chi connectivity index (χ1n) is 10.4. The molecule has 0 aliphatic heterocycles. The van der Waals surface area contributed by atoms with Gasteiger partial charge in [-0.1, -0.05) is 74.5 Å². The predicted octanol–water partition coefficient (Wildman–Crippen LogP) is 5.04. The Morgan fingerprint density at radius 2 is 1.35 bits per heavy atom. The second-order valence-corrected chi connectivity index (χ2v) is 7.05. The van der Waals surface area contributed by atoms with Crippen molar-refractivity contribution in [1.29, 1.82) is 0 Å². The van der Waals surface area contributed by atoms with Crippen LogP contribution >= 0.6 is 0 Å². The molecule has 5 nitrogen and oxygen atoms in total. The third kappa shape index (κ3) is 6.19. The van der Waals surface area contributed by atoms with E-state index in [1.807, 2.05) is 74.5 Å². The van der Waals surface area contributed by atoms with Crippen LogP contribution in [-0.2, 0) is 27.2 Å². The van der Waals surface area contributed by atoms with Crippen LogP contribution in [0.5, 0.6) is 5.75 Å². The number of benzene rings is 3. The zero-order valence-corrected chi connectivity index (χ0v) is 17.9. The van der Waals surface area contributed by atoms with E-state index in [2.05, 4.69) is 5.32 Å². The van der Waals surface area contributed by atoms with Crippen LogP contribution < -0.4 is 10.1 Å². The highest BCUT2D eigenvalue weighted by Gasteiger charge is 2.13. The first-order valence-corrected chi connectivity index (χ1v) is 10.4. The van der Waals surface area contributed by atoms with E-state index in [0.29, 0.717) is 5.75 Å². The van der Waals surface area contributed by atoms with Gasteiger partial charge in [0.1, 0.15) is 5.75 Å². The molecule has 0 aliphatic carbocycles. The van der Waals surface area contributed by atoms with Crippen molar-refractivity contribution in [2.45, 2.75) is 26.7 Å². The lowest BCUT2D eigenvalue weighted by atomic mass is 10.0. The number of ether oxygens (including phenoxy) is 2. The molecule has 3 aromatic rings. The molecule has 0 aliphatic rings. The van der Waals surface area contributed by atoms with Crippen molar-refractivity contribution >= 4 is 17.6 Å². The largest absolute Gasteiger partial charge is 0.482 e. The summed E-state index contributed by atoms with van der Waals surface area (Å²) in [7, 11) is 0. The highest BCUT2D eigenvalue weighted by Crippen LogP contribution is 2.23. The molecular formula is C26H27NO4. The maximum Gasteiger partial charge on any atom is 0.344 e. The Kier molecular flexibility index (Phi) is 7.82. The molecule has 0 fully saturated rings. The Balaban J connectivity index is 1.47. The lowest BCUT2D eigenvalue weighted by molar-refractivity contribution is -0.149. The monoisotopic (exact) mass is 417 g/mol. The molecule has 0 atom stereocenters. The van der Waals surface area contributed by atoms with Gasteiger partial charge < -0.3 is 14.8 Å². The number of hydrogen-bond donors (Lipinski definition) is 1. The quantitative estimate of drug-likeness (QED) is 0.496. The standard InChI is InChI=1S/C26H27NO4/c1-3-19-11-8-12-20(4-2)26(19)27-24(28)17-31-25(29)18-30-23-15-13-22(14-16-23)21-9-6-5-7-10-21/h5-16H,3-4,17-18H2,1-2H3,(H,27,28). The summed E-state index contributed by atoms with van der Waals surface area (Å²) in [6.07, 6.45) is 1.61. The number of carbonyl (C=O) groups is 2. The van der Waals surface area contributed by atoms with Crippen LogP contribution in [0.15, 0.2) is 72.8 Å². The molecule has 31 heavy (non-hydrogen) atoms. The second-order valence-electron chi connectivity index (χ2n) is 7.05. The van der Waals surface area contributed by atoms with Gasteiger partial charge in [0.05, 0.1) is 0 Å². The molecule has 0 saturated carbocycles. The summed E-state index contributed by atoms with van der Waals surface area (Å²) >= 11 is 0. The minimum Gasteiger partial charge on any atom is -0.482 e. The number of hydrogen-bond acceptors (Lipinski definition) is 4. The summed E-state index contributed by atoms with van der Waals surface area (Å²) in [6, 6.07) is 23.4. The fourth-order valence-corrected chi connectivity index (χ4v) is 3.28. The molecule has 3 rings (SSSR count). The van der Waals surface area contributed by atoms with Crippen LogP contribution in [0.4, 0.5) is 5.69 Å². The van der Waals surface area contributed by atoms with Crippen LogP contribution in [0.2, 0.25) is 0 Å². The third-order valence-electron chi connectivity index (χ3n) is 4.95. The molecule has 0 heterocycles. The van der Waals surface area contributed by atoms with Crippen molar-refractivity contribution in [2.75, 3.05) is 18.5 Å². The van der Waals surface area contributed by atoms with Gasteiger partial charge in [-0.05, 0) is 47.2 Å². The molecule has 0 radical (unpaired) electrons. The molecule has 3 aromatic carbocycles. The van der Waals surface area contributed by atoms with E-state index in [1.54, 1.807) is 12.1 Å². The molecule has 5 heteroatoms. The topological polar surface area (TPSA) is 64.6 Å². The van der Waals surface area contributed by atoms with Gasteiger partial charge >= 0.3 is 5.97 Å². The number of esters is 1. The summed E-state index contributed by atoms with van der Waals surface area (Å²) in [5.41, 5.74) is 5.09. The zero-order valence-electron chi connectivity index (χ0n) is 17.9. The fourth-order valence-electron chi connectivity index (χ4n) is 3.28. The van der Waals surface area contributed by atoms with E-state index >= 15 is 0 Å². The minimum atomic E-state index is -0.596. The van der Waals surface area contributed by atoms with E-state index < -0.39 is 5.97 Å². The lowest BCUT2D eigenvalue weighted by Gasteiger charge is -2.14. The van der Waals surface area contributed by atoms with Gasteiger partial charge in [0, 0.05) is 5.69 Å². The molecule has 0 bridgehead atoms. The van der Waals surface area contributed by atoms with Gasteiger partial charge in [-0.15, -0.1) is 0 Å². The molecule has 0 aromatic heterocycles. The highest BCUT2D eigenvalue weighted by atomic mass is 16.6. The first kappa shape index (κ1) is 22.1. The molecule has 0 spiro atoms. The Hall–Kier alpha value is -3.60. The number of para-hydroxylation sites is 1. The van der Waals surface area contributed by atoms with Crippen LogP contribution in [-0.4, -0.2) is 25.1 Å². The molecule has 1 N–H and O–H groups in total. The van der Waals surface area contributed by atoms with Crippen LogP contribution in [0.25, 0.3) is 11.1 Å². The maximum atomic E-state index is 12.3. The summed E-state index contributed by atoms with van der Waals surface area (Å²) in [5, 5.41) is 2.87. The Morgan fingerprint density at radius 3 is 1.97 bits per heavy atom. The Morgan fingerprint density at radius 1 is 0.742 bits per heavy atom. The molecule has 1 amide bonds. The number of amides is 1. The maximum absolute atomic E-state index is 12.3. The number of rotatable bonds is 9. The average molecular weight is 418 g/mol. The van der Waals surface area contributed by atoms with Crippen molar-refractivity contribution in [3.05, 3.63) is 83.9 Å². The van der Waals surface area contributed by atoms with Gasteiger partial charge in [-0.25, -0.2) is 4.79 Å². The SMILES string of the molecule is CCc1cccc(CC)c1NC(=O)COC(=O)COc1ccc(-c2ccccc2)cc1. The zero-order chi connectivity index (χ0) is 22.1. The second kappa shape index (κ2) is 11.0. The van der Waals surface area contributed by atoms with Crippen molar-refractivity contribution in [3.8, 4) is 16.9 Å². The normalized spacial score (nSPS) is 10.4. The summed E-state index contributed by atoms with van der Waals surface area (Å²) in [4.78, 5) is 24.3. The van der Waals surface area contributed by atoms with Gasteiger partial charge in [-0.3, -0.25) is 4.79 Å². The van der Waals surface area contributed by atoms with Crippen LogP contribution in [0.1, 0.15) is 25.0 Å². The first-order chi connectivity index (χ1) is 15.1. The Bertz CT molecular complexity index is 991. The predicted molar refractivity (Wildman–Crippen MR) is 122 cm³/mol. The molecular weight excluding hydrogens is 390 g/mol. The van der Waals surface area contributed by atoms with E-state index in [-0.39, 0.29) is 19.1 Å². The molecule has 0 unspecified atom stereocenters. The number of carbonyl (C=O) groups excluding carboxylic acids is 2. The summed E-state index contributed by atoms with van der Waals surface area (Å²) in [6.45, 7) is 3.46. The van der Waals surface area contributed by atoms with Crippen LogP contribution in [0.3, 0.4) is 0 Å². The van der Waals surface area contributed by atoms with E-state index in [1.165, 1.54) is 0 Å². The Labute approximate surface area is 183 Å². The smallest absolute Gasteiger partial charge is 0.344 e. The molecule has 0 saturated heterocycles. The van der Waals surface area contributed by atoms with Crippen molar-refractivity contribution < 1.29 is 19.1 Å². The number of anilines is 1. The summed E-state index contributed by atoms with van der Waals surface area (Å²) < 4.78 is 10.5. The van der Waals surface area contributed by atoms with E-state index in [0.717, 1.165) is 40.8 Å². The highest BCUT2D eigenvalue weighted by molar-refractivity contribution is 5.94. The van der Waals surface area contributed by atoms with Gasteiger partial charge in [-0.2, -0.15) is 0 Å². The van der Waals surface area contributed by atoms with Crippen molar-refractivity contribution in [3.63, 3.8) is 0 Å². The van der Waals surface area contributed by atoms with E-state index in [4.69, 9.17) is 9.47 Å². The minimum absolute atomic E-state index is 0.260. The lowest BCUT2D eigenvalue weighted by Crippen LogP contribution is -2.24. The van der Waals surface area contributed by atoms with Crippen molar-refractivity contribution in [1.82, 2.24) is 0 Å². The van der Waals surface area contributed by atoms with Gasteiger partial charge in [0.25, 0.3) is 5.91 Å². The summed E-state index contributed by atoms with van der Waals surface area (Å²) in [5.74, 6) is -0.400. The van der Waals surface area contributed by atoms with Crippen LogP contribution in [0, 0.1) is 0 Å². The van der Waals surface area contributed by atoms with E-state index in [9.17, 15) is 9.59 Å². The third-order valence-corrected chi connectivity index (χ3v) is 4.95. The fraction of sp³-hybridized carbons (Fsp3) is 0.231. The van der Waals surface area contributed by atoms with Gasteiger partial charge in [0.15, 0.2) is 13.2 Å². The number of aryl methyl sites for hydroxylation is 2. The molecule has 160 valence electrons. The number of nitrogens with one attached hydrogen (secondary N) is 1. The average Bonchev–Trinajstić information content (AvgIpc) is 2.82. The van der Waals surface area contributed by atoms with Crippen molar-refractivity contribution in [2.24, 2.45) is 0 Å². The van der Waals surface area contributed by atoms with Gasteiger partial charge in [0.2, 0.25) is 0 Å².